The quantitative estimate of drug-likeness (QED) is 0.474. The van der Waals surface area contributed by atoms with Crippen LogP contribution in [0.4, 0.5) is 0 Å². The largest absolute Gasteiger partial charge is 2.00 e. The van der Waals surface area contributed by atoms with E-state index in [9.17, 15) is 0 Å². The molecular weight excluding hydrogens is 182 g/mol. The molecule has 3 nitrogen and oxygen atoms in total. The molecule has 1 aromatic carbocycles. The fourth-order valence-corrected chi connectivity index (χ4v) is 0.891. The standard InChI is InChI=1S/C8H11NO2.Ca.2H/c9-4-3-6-1-2-7(10)8(11)5-6;;;/h1-2,5,10-11H,3-4,9H2;;;/q;+2;2*-1. The van der Waals surface area contributed by atoms with Crippen molar-refractivity contribution in [1.29, 1.82) is 0 Å². The first kappa shape index (κ1) is 12.0. The molecule has 0 aliphatic heterocycles. The summed E-state index contributed by atoms with van der Waals surface area (Å²) in [5.74, 6) is -0.179. The average molecular weight is 195 g/mol. The zero-order valence-corrected chi connectivity index (χ0v) is 9.03. The van der Waals surface area contributed by atoms with Gasteiger partial charge in [-0.25, -0.2) is 0 Å². The maximum Gasteiger partial charge on any atom is 2.00 e. The molecule has 0 spiro atoms. The summed E-state index contributed by atoms with van der Waals surface area (Å²) < 4.78 is 0. The van der Waals surface area contributed by atoms with Gasteiger partial charge in [0.15, 0.2) is 11.5 Å². The van der Waals surface area contributed by atoms with Crippen LogP contribution in [0.1, 0.15) is 8.42 Å². The third-order valence-corrected chi connectivity index (χ3v) is 1.47. The maximum absolute atomic E-state index is 9.04. The van der Waals surface area contributed by atoms with Crippen LogP contribution in [0, 0.1) is 0 Å². The third-order valence-electron chi connectivity index (χ3n) is 1.47. The fourth-order valence-electron chi connectivity index (χ4n) is 0.891. The molecule has 0 aliphatic carbocycles. The molecule has 0 atom stereocenters. The molecule has 64 valence electrons. The molecule has 0 heterocycles. The first-order chi connectivity index (χ1) is 5.24. The van der Waals surface area contributed by atoms with Crippen molar-refractivity contribution in [3.63, 3.8) is 0 Å². The van der Waals surface area contributed by atoms with Gasteiger partial charge in [-0.1, -0.05) is 6.07 Å². The van der Waals surface area contributed by atoms with E-state index in [2.05, 4.69) is 0 Å². The van der Waals surface area contributed by atoms with Gasteiger partial charge in [-0.3, -0.25) is 0 Å². The number of rotatable bonds is 2. The van der Waals surface area contributed by atoms with Crippen molar-refractivity contribution in [2.24, 2.45) is 5.73 Å². The molecule has 0 amide bonds. The molecule has 4 N–H and O–H groups in total. The summed E-state index contributed by atoms with van der Waals surface area (Å²) >= 11 is 0. The number of aromatic hydroxyl groups is 2. The van der Waals surface area contributed by atoms with Crippen LogP contribution >= 0.6 is 0 Å². The van der Waals surface area contributed by atoms with Crippen molar-refractivity contribution in [3.05, 3.63) is 23.8 Å². The van der Waals surface area contributed by atoms with E-state index in [4.69, 9.17) is 15.9 Å². The molecule has 1 rings (SSSR count). The van der Waals surface area contributed by atoms with Gasteiger partial charge in [-0.2, -0.15) is 0 Å². The molecule has 0 bridgehead atoms. The van der Waals surface area contributed by atoms with Crippen LogP contribution in [0.15, 0.2) is 18.2 Å². The van der Waals surface area contributed by atoms with Gasteiger partial charge in [0.25, 0.3) is 0 Å². The normalized spacial score (nSPS) is 9.08. The second kappa shape index (κ2) is 5.65. The zero-order valence-electron chi connectivity index (χ0n) is 8.83. The van der Waals surface area contributed by atoms with Gasteiger partial charge in [0.1, 0.15) is 0 Å². The van der Waals surface area contributed by atoms with Crippen LogP contribution in [0.5, 0.6) is 11.5 Å². The van der Waals surface area contributed by atoms with Crippen molar-refractivity contribution in [1.82, 2.24) is 0 Å². The minimum Gasteiger partial charge on any atom is -1.00 e. The first-order valence-corrected chi connectivity index (χ1v) is 3.45. The van der Waals surface area contributed by atoms with E-state index in [-0.39, 0.29) is 52.1 Å². The minimum absolute atomic E-state index is 0. The zero-order chi connectivity index (χ0) is 8.27. The topological polar surface area (TPSA) is 66.5 Å². The van der Waals surface area contributed by atoms with Gasteiger partial charge in [0.2, 0.25) is 0 Å². The van der Waals surface area contributed by atoms with Crippen LogP contribution in [0.25, 0.3) is 0 Å². The predicted octanol–water partition coefficient (Wildman–Crippen LogP) is 0.443. The molecule has 4 heteroatoms. The number of phenolic OH excluding ortho intramolecular Hbond substituents is 2. The van der Waals surface area contributed by atoms with E-state index in [1.807, 2.05) is 0 Å². The van der Waals surface area contributed by atoms with Gasteiger partial charge >= 0.3 is 37.7 Å². The fraction of sp³-hybridized carbons (Fsp3) is 0.250. The van der Waals surface area contributed by atoms with Crippen molar-refractivity contribution in [2.45, 2.75) is 6.42 Å². The van der Waals surface area contributed by atoms with Crippen molar-refractivity contribution >= 4 is 37.7 Å². The van der Waals surface area contributed by atoms with Crippen LogP contribution in [0.3, 0.4) is 0 Å². The Balaban J connectivity index is -0.000000403. The van der Waals surface area contributed by atoms with E-state index in [1.165, 1.54) is 12.1 Å². The smallest absolute Gasteiger partial charge is 1.00 e. The van der Waals surface area contributed by atoms with Gasteiger partial charge in [0.05, 0.1) is 0 Å². The van der Waals surface area contributed by atoms with E-state index in [0.29, 0.717) is 13.0 Å². The molecule has 1 aromatic rings. The summed E-state index contributed by atoms with van der Waals surface area (Å²) in [6.07, 6.45) is 0.716. The second-order valence-corrected chi connectivity index (χ2v) is 2.36. The molecular formula is C8H13CaNO2. The summed E-state index contributed by atoms with van der Waals surface area (Å²) in [7, 11) is 0. The van der Waals surface area contributed by atoms with E-state index in [1.54, 1.807) is 6.07 Å². The Bertz CT molecular complexity index is 261. The average Bonchev–Trinajstić information content (AvgIpc) is 1.98. The van der Waals surface area contributed by atoms with E-state index < -0.39 is 0 Å². The van der Waals surface area contributed by atoms with Crippen LogP contribution in [0.2, 0.25) is 0 Å². The van der Waals surface area contributed by atoms with E-state index >= 15 is 0 Å². The summed E-state index contributed by atoms with van der Waals surface area (Å²) in [6, 6.07) is 4.71. The van der Waals surface area contributed by atoms with Gasteiger partial charge in [-0.05, 0) is 30.7 Å². The molecule has 0 saturated carbocycles. The minimum atomic E-state index is -0.0919. The summed E-state index contributed by atoms with van der Waals surface area (Å²) in [5.41, 5.74) is 6.24. The van der Waals surface area contributed by atoms with Crippen LogP contribution < -0.4 is 5.73 Å². The Hall–Kier alpha value is 0.0397. The monoisotopic (exact) mass is 195 g/mol. The number of benzene rings is 1. The number of phenols is 2. The van der Waals surface area contributed by atoms with Crippen LogP contribution in [-0.2, 0) is 6.42 Å². The molecule has 0 saturated heterocycles. The molecule has 0 fully saturated rings. The molecule has 0 radical (unpaired) electrons. The molecule has 12 heavy (non-hydrogen) atoms. The Morgan fingerprint density at radius 2 is 1.92 bits per heavy atom. The Morgan fingerprint density at radius 3 is 2.42 bits per heavy atom. The van der Waals surface area contributed by atoms with Crippen LogP contribution in [-0.4, -0.2) is 54.5 Å². The SMILES string of the molecule is NCCc1ccc(O)c(O)c1.[Ca+2].[H-].[H-]. The first-order valence-electron chi connectivity index (χ1n) is 3.45. The second-order valence-electron chi connectivity index (χ2n) is 2.36. The van der Waals surface area contributed by atoms with Crippen molar-refractivity contribution in [3.8, 4) is 11.5 Å². The predicted molar refractivity (Wildman–Crippen MR) is 50.5 cm³/mol. The number of hydrogen-bond acceptors (Lipinski definition) is 3. The molecule has 0 unspecified atom stereocenters. The summed E-state index contributed by atoms with van der Waals surface area (Å²) in [6.45, 7) is 0.546. The third kappa shape index (κ3) is 3.19. The maximum atomic E-state index is 9.04. The number of nitrogens with two attached hydrogens (primary N) is 1. The Kier molecular flexibility index (Phi) is 5.66. The number of hydrogen-bond donors (Lipinski definition) is 3. The summed E-state index contributed by atoms with van der Waals surface area (Å²) in [5, 5.41) is 18.0. The summed E-state index contributed by atoms with van der Waals surface area (Å²) in [4.78, 5) is 0. The van der Waals surface area contributed by atoms with Gasteiger partial charge in [-0.15, -0.1) is 0 Å². The Morgan fingerprint density at radius 1 is 1.25 bits per heavy atom. The molecule has 0 aliphatic rings. The van der Waals surface area contributed by atoms with Gasteiger partial charge < -0.3 is 18.8 Å². The Labute approximate surface area is 104 Å². The van der Waals surface area contributed by atoms with E-state index in [0.717, 1.165) is 5.56 Å². The van der Waals surface area contributed by atoms with Crippen molar-refractivity contribution < 1.29 is 13.1 Å². The molecule has 0 aromatic heterocycles. The van der Waals surface area contributed by atoms with Crippen molar-refractivity contribution in [2.75, 3.05) is 6.54 Å². The van der Waals surface area contributed by atoms with Gasteiger partial charge in [0, 0.05) is 0 Å².